The van der Waals surface area contributed by atoms with Crippen molar-refractivity contribution in [3.05, 3.63) is 69.5 Å². The van der Waals surface area contributed by atoms with E-state index in [1.54, 1.807) is 6.92 Å². The summed E-state index contributed by atoms with van der Waals surface area (Å²) >= 11 is 1.51. The molecule has 0 N–H and O–H groups in total. The second kappa shape index (κ2) is 7.05. The summed E-state index contributed by atoms with van der Waals surface area (Å²) < 4.78 is 5.59. The molecule has 0 radical (unpaired) electrons. The standard InChI is InChI=1S/C22H22N4O3S/c1-14-8-9-18(30-14)20(28)26-11-17-10-25(19(27)16-6-4-3-5-7-16)12-22(17,13-26)21-23-15(2)24-29-21/h3-9,17H,10-13H2,1-2H3/t17-,22-/m1/s1. The van der Waals surface area contributed by atoms with Crippen molar-refractivity contribution in [3.8, 4) is 0 Å². The minimum absolute atomic E-state index is 0.00706. The van der Waals surface area contributed by atoms with E-state index in [0.29, 0.717) is 43.5 Å². The van der Waals surface area contributed by atoms with Gasteiger partial charge in [0.1, 0.15) is 0 Å². The number of carbonyl (C=O) groups is 2. The van der Waals surface area contributed by atoms with E-state index >= 15 is 0 Å². The lowest BCUT2D eigenvalue weighted by Gasteiger charge is -2.26. The zero-order chi connectivity index (χ0) is 20.9. The fourth-order valence-corrected chi connectivity index (χ4v) is 5.48. The Bertz CT molecular complexity index is 1110. The zero-order valence-corrected chi connectivity index (χ0v) is 17.7. The molecule has 0 unspecified atom stereocenters. The number of aryl methyl sites for hydroxylation is 2. The predicted molar refractivity (Wildman–Crippen MR) is 112 cm³/mol. The number of thiophene rings is 1. The van der Waals surface area contributed by atoms with Crippen molar-refractivity contribution in [2.24, 2.45) is 5.92 Å². The number of likely N-dealkylation sites (tertiary alicyclic amines) is 2. The summed E-state index contributed by atoms with van der Waals surface area (Å²) in [6.45, 7) is 5.83. The second-order valence-electron chi connectivity index (χ2n) is 8.15. The summed E-state index contributed by atoms with van der Waals surface area (Å²) in [6.07, 6.45) is 0. The van der Waals surface area contributed by atoms with Crippen LogP contribution in [0.25, 0.3) is 0 Å². The highest BCUT2D eigenvalue weighted by Crippen LogP contribution is 2.45. The average Bonchev–Trinajstić information content (AvgIpc) is 3.50. The molecule has 30 heavy (non-hydrogen) atoms. The Morgan fingerprint density at radius 2 is 1.73 bits per heavy atom. The Hall–Kier alpha value is -3.00. The van der Waals surface area contributed by atoms with Gasteiger partial charge in [0.2, 0.25) is 5.89 Å². The molecule has 4 heterocycles. The Balaban J connectivity index is 1.45. The molecule has 2 aliphatic heterocycles. The highest BCUT2D eigenvalue weighted by molar-refractivity contribution is 7.13. The smallest absolute Gasteiger partial charge is 0.263 e. The Kier molecular flexibility index (Phi) is 4.47. The molecule has 2 fully saturated rings. The third-order valence-corrected chi connectivity index (χ3v) is 7.10. The van der Waals surface area contributed by atoms with Gasteiger partial charge < -0.3 is 14.3 Å². The number of hydrogen-bond acceptors (Lipinski definition) is 6. The van der Waals surface area contributed by atoms with Crippen LogP contribution in [0.1, 0.15) is 36.6 Å². The van der Waals surface area contributed by atoms with E-state index in [-0.39, 0.29) is 17.7 Å². The normalized spacial score (nSPS) is 23.1. The van der Waals surface area contributed by atoms with Crippen LogP contribution in [0, 0.1) is 19.8 Å². The van der Waals surface area contributed by atoms with Crippen LogP contribution in [0.2, 0.25) is 0 Å². The number of aromatic nitrogens is 2. The maximum absolute atomic E-state index is 13.1. The summed E-state index contributed by atoms with van der Waals surface area (Å²) in [7, 11) is 0. The number of hydrogen-bond donors (Lipinski definition) is 0. The molecule has 2 saturated heterocycles. The van der Waals surface area contributed by atoms with Gasteiger partial charge in [-0.05, 0) is 38.1 Å². The first-order valence-corrected chi connectivity index (χ1v) is 10.8. The number of rotatable bonds is 3. The minimum Gasteiger partial charge on any atom is -0.339 e. The Labute approximate surface area is 178 Å². The fourth-order valence-electron chi connectivity index (χ4n) is 4.64. The number of carbonyl (C=O) groups excluding carboxylic acids is 2. The molecule has 7 nitrogen and oxygen atoms in total. The summed E-state index contributed by atoms with van der Waals surface area (Å²) in [4.78, 5) is 36.3. The molecular weight excluding hydrogens is 400 g/mol. The molecule has 154 valence electrons. The van der Waals surface area contributed by atoms with Crippen LogP contribution in [-0.2, 0) is 5.41 Å². The Morgan fingerprint density at radius 3 is 2.33 bits per heavy atom. The third kappa shape index (κ3) is 3.02. The highest BCUT2D eigenvalue weighted by Gasteiger charge is 2.58. The molecule has 0 spiro atoms. The van der Waals surface area contributed by atoms with Gasteiger partial charge >= 0.3 is 0 Å². The van der Waals surface area contributed by atoms with Gasteiger partial charge in [0, 0.05) is 42.5 Å². The van der Waals surface area contributed by atoms with E-state index in [9.17, 15) is 9.59 Å². The quantitative estimate of drug-likeness (QED) is 0.648. The van der Waals surface area contributed by atoms with E-state index in [2.05, 4.69) is 10.1 Å². The topological polar surface area (TPSA) is 79.5 Å². The van der Waals surface area contributed by atoms with Gasteiger partial charge in [0.25, 0.3) is 11.8 Å². The summed E-state index contributed by atoms with van der Waals surface area (Å²) in [6, 6.07) is 13.1. The van der Waals surface area contributed by atoms with Crippen LogP contribution >= 0.6 is 11.3 Å². The lowest BCUT2D eigenvalue weighted by atomic mass is 9.81. The SMILES string of the molecule is Cc1noc([C@@]23CN(C(=O)c4ccccc4)C[C@@H]2CN(C(=O)c2ccc(C)s2)C3)n1. The largest absolute Gasteiger partial charge is 0.339 e. The van der Waals surface area contributed by atoms with Gasteiger partial charge in [-0.25, -0.2) is 0 Å². The van der Waals surface area contributed by atoms with Crippen LogP contribution in [0.15, 0.2) is 47.0 Å². The molecule has 0 aliphatic carbocycles. The zero-order valence-electron chi connectivity index (χ0n) is 16.9. The van der Waals surface area contributed by atoms with Crippen molar-refractivity contribution in [2.45, 2.75) is 19.3 Å². The summed E-state index contributed by atoms with van der Waals surface area (Å²) in [5.74, 6) is 1.15. The van der Waals surface area contributed by atoms with Crippen molar-refractivity contribution >= 4 is 23.2 Å². The van der Waals surface area contributed by atoms with Crippen molar-refractivity contribution < 1.29 is 14.1 Å². The van der Waals surface area contributed by atoms with E-state index in [1.807, 2.05) is 59.2 Å². The van der Waals surface area contributed by atoms with E-state index in [0.717, 1.165) is 9.75 Å². The lowest BCUT2D eigenvalue weighted by molar-refractivity contribution is 0.0730. The molecular formula is C22H22N4O3S. The van der Waals surface area contributed by atoms with Crippen molar-refractivity contribution in [1.82, 2.24) is 19.9 Å². The van der Waals surface area contributed by atoms with Crippen LogP contribution < -0.4 is 0 Å². The molecule has 8 heteroatoms. The lowest BCUT2D eigenvalue weighted by Crippen LogP contribution is -2.41. The summed E-state index contributed by atoms with van der Waals surface area (Å²) in [5, 5.41) is 3.98. The van der Waals surface area contributed by atoms with Gasteiger partial charge in [0.05, 0.1) is 10.3 Å². The van der Waals surface area contributed by atoms with Crippen LogP contribution in [0.4, 0.5) is 0 Å². The highest BCUT2D eigenvalue weighted by atomic mass is 32.1. The van der Waals surface area contributed by atoms with Gasteiger partial charge in [-0.3, -0.25) is 9.59 Å². The number of nitrogens with zero attached hydrogens (tertiary/aromatic N) is 4. The molecule has 3 aromatic rings. The average molecular weight is 423 g/mol. The minimum atomic E-state index is -0.534. The fraction of sp³-hybridized carbons (Fsp3) is 0.364. The number of benzene rings is 1. The second-order valence-corrected chi connectivity index (χ2v) is 9.44. The molecule has 2 amide bonds. The maximum atomic E-state index is 13.1. The van der Waals surface area contributed by atoms with Crippen molar-refractivity contribution in [3.63, 3.8) is 0 Å². The summed E-state index contributed by atoms with van der Waals surface area (Å²) in [5.41, 5.74) is 0.129. The van der Waals surface area contributed by atoms with Gasteiger partial charge in [-0.15, -0.1) is 11.3 Å². The van der Waals surface area contributed by atoms with Crippen LogP contribution in [0.5, 0.6) is 0 Å². The maximum Gasteiger partial charge on any atom is 0.263 e. The van der Waals surface area contributed by atoms with Gasteiger partial charge in [-0.1, -0.05) is 23.4 Å². The third-order valence-electron chi connectivity index (χ3n) is 6.11. The van der Waals surface area contributed by atoms with Crippen molar-refractivity contribution in [2.75, 3.05) is 26.2 Å². The van der Waals surface area contributed by atoms with E-state index < -0.39 is 5.41 Å². The first kappa shape index (κ1) is 19.0. The molecule has 2 atom stereocenters. The Morgan fingerprint density at radius 1 is 1.03 bits per heavy atom. The van der Waals surface area contributed by atoms with Crippen LogP contribution in [-0.4, -0.2) is 57.9 Å². The molecule has 0 saturated carbocycles. The first-order chi connectivity index (χ1) is 14.5. The number of fused-ring (bicyclic) bond motifs is 1. The number of amides is 2. The molecule has 2 aliphatic rings. The molecule has 1 aromatic carbocycles. The van der Waals surface area contributed by atoms with Gasteiger partial charge in [-0.2, -0.15) is 4.98 Å². The van der Waals surface area contributed by atoms with Gasteiger partial charge in [0.15, 0.2) is 5.82 Å². The first-order valence-electron chi connectivity index (χ1n) is 9.97. The predicted octanol–water partition coefficient (Wildman–Crippen LogP) is 2.91. The van der Waals surface area contributed by atoms with Crippen molar-refractivity contribution in [1.29, 1.82) is 0 Å². The van der Waals surface area contributed by atoms with E-state index in [1.165, 1.54) is 11.3 Å². The monoisotopic (exact) mass is 422 g/mol. The van der Waals surface area contributed by atoms with E-state index in [4.69, 9.17) is 4.52 Å². The molecule has 2 aromatic heterocycles. The molecule has 5 rings (SSSR count). The molecule has 0 bridgehead atoms. The van der Waals surface area contributed by atoms with Crippen LogP contribution in [0.3, 0.4) is 0 Å².